The monoisotopic (exact) mass is 356 g/mol. The van der Waals surface area contributed by atoms with Gasteiger partial charge < -0.3 is 14.9 Å². The Hall–Kier alpha value is -0.310. The molecule has 1 aromatic rings. The molecule has 1 heterocycles. The Kier molecular flexibility index (Phi) is 3.96. The minimum atomic E-state index is -0.827. The average molecular weight is 356 g/mol. The first-order valence-corrected chi connectivity index (χ1v) is 6.19. The van der Waals surface area contributed by atoms with Crippen LogP contribution in [-0.2, 0) is 4.74 Å². The standard InChI is InChI=1S/C11H11F2IO3/c12-6-2-7(13)8(14)1-5(6)10-3-9(16)11(4-15)17-10/h1-2,9-11,15-16H,3-4H2/t9-,10+,11+/m0/s1. The molecule has 2 rings (SSSR count). The van der Waals surface area contributed by atoms with Gasteiger partial charge in [-0.3, -0.25) is 0 Å². The number of aliphatic hydroxyl groups is 2. The summed E-state index contributed by atoms with van der Waals surface area (Å²) in [6.45, 7) is -0.322. The smallest absolute Gasteiger partial charge is 0.139 e. The zero-order valence-corrected chi connectivity index (χ0v) is 10.9. The largest absolute Gasteiger partial charge is 0.394 e. The summed E-state index contributed by atoms with van der Waals surface area (Å²) in [7, 11) is 0. The van der Waals surface area contributed by atoms with E-state index in [4.69, 9.17) is 9.84 Å². The molecule has 3 atom stereocenters. The molecule has 0 spiro atoms. The second kappa shape index (κ2) is 5.13. The SMILES string of the molecule is OC[C@H]1O[C@@H](c2cc(I)c(F)cc2F)C[C@@H]1O. The highest BCUT2D eigenvalue weighted by atomic mass is 127. The lowest BCUT2D eigenvalue weighted by Crippen LogP contribution is -2.24. The van der Waals surface area contributed by atoms with E-state index in [-0.39, 0.29) is 18.6 Å². The van der Waals surface area contributed by atoms with Crippen LogP contribution in [-0.4, -0.2) is 29.0 Å². The molecular weight excluding hydrogens is 345 g/mol. The summed E-state index contributed by atoms with van der Waals surface area (Å²) in [5.74, 6) is -1.32. The number of rotatable bonds is 2. The second-order valence-corrected chi connectivity index (χ2v) is 5.10. The minimum Gasteiger partial charge on any atom is -0.394 e. The van der Waals surface area contributed by atoms with E-state index >= 15 is 0 Å². The summed E-state index contributed by atoms with van der Waals surface area (Å²) in [6.07, 6.45) is -1.98. The number of ether oxygens (including phenoxy) is 1. The summed E-state index contributed by atoms with van der Waals surface area (Å²) in [5.41, 5.74) is 0.214. The average Bonchev–Trinajstić information content (AvgIpc) is 2.65. The Morgan fingerprint density at radius 3 is 2.65 bits per heavy atom. The molecule has 1 aliphatic heterocycles. The molecule has 0 unspecified atom stereocenters. The first-order chi connectivity index (χ1) is 8.02. The Balaban J connectivity index is 2.27. The van der Waals surface area contributed by atoms with Crippen LogP contribution in [0, 0.1) is 15.2 Å². The molecule has 2 N–H and O–H groups in total. The van der Waals surface area contributed by atoms with Crippen molar-refractivity contribution in [3.8, 4) is 0 Å². The van der Waals surface area contributed by atoms with Crippen LogP contribution in [0.25, 0.3) is 0 Å². The molecule has 0 saturated carbocycles. The van der Waals surface area contributed by atoms with Crippen molar-refractivity contribution in [2.24, 2.45) is 0 Å². The third kappa shape index (κ3) is 2.59. The van der Waals surface area contributed by atoms with Gasteiger partial charge in [0.2, 0.25) is 0 Å². The molecule has 0 aliphatic carbocycles. The van der Waals surface area contributed by atoms with Crippen LogP contribution in [0.3, 0.4) is 0 Å². The zero-order chi connectivity index (χ0) is 12.6. The summed E-state index contributed by atoms with van der Waals surface area (Å²) >= 11 is 1.76. The number of hydrogen-bond donors (Lipinski definition) is 2. The van der Waals surface area contributed by atoms with E-state index in [9.17, 15) is 13.9 Å². The fourth-order valence-electron chi connectivity index (χ4n) is 1.88. The van der Waals surface area contributed by atoms with Crippen molar-refractivity contribution in [1.82, 2.24) is 0 Å². The van der Waals surface area contributed by atoms with E-state index in [1.54, 1.807) is 22.6 Å². The predicted molar refractivity (Wildman–Crippen MR) is 64.4 cm³/mol. The molecule has 1 saturated heterocycles. The van der Waals surface area contributed by atoms with Crippen LogP contribution in [0.2, 0.25) is 0 Å². The Bertz CT molecular complexity index is 427. The van der Waals surface area contributed by atoms with Crippen LogP contribution in [0.4, 0.5) is 8.78 Å². The molecule has 1 fully saturated rings. The van der Waals surface area contributed by atoms with Crippen molar-refractivity contribution in [1.29, 1.82) is 0 Å². The van der Waals surface area contributed by atoms with Crippen LogP contribution < -0.4 is 0 Å². The van der Waals surface area contributed by atoms with Crippen molar-refractivity contribution in [2.75, 3.05) is 6.61 Å². The first kappa shape index (κ1) is 13.1. The van der Waals surface area contributed by atoms with Gasteiger partial charge in [-0.05, 0) is 28.7 Å². The van der Waals surface area contributed by atoms with Crippen LogP contribution in [0.1, 0.15) is 18.1 Å². The molecule has 94 valence electrons. The number of benzene rings is 1. The molecule has 0 aromatic heterocycles. The van der Waals surface area contributed by atoms with Gasteiger partial charge in [0.15, 0.2) is 0 Å². The second-order valence-electron chi connectivity index (χ2n) is 3.94. The number of halogens is 3. The van der Waals surface area contributed by atoms with E-state index in [2.05, 4.69) is 0 Å². The molecule has 0 bridgehead atoms. The first-order valence-electron chi connectivity index (χ1n) is 5.11. The fraction of sp³-hybridized carbons (Fsp3) is 0.455. The molecule has 1 aliphatic rings. The van der Waals surface area contributed by atoms with Crippen molar-refractivity contribution < 1.29 is 23.7 Å². The summed E-state index contributed by atoms with van der Waals surface area (Å²) in [5, 5.41) is 18.5. The molecule has 1 aromatic carbocycles. The van der Waals surface area contributed by atoms with Crippen LogP contribution >= 0.6 is 22.6 Å². The number of hydrogen-bond acceptors (Lipinski definition) is 3. The molecule has 17 heavy (non-hydrogen) atoms. The van der Waals surface area contributed by atoms with E-state index in [0.29, 0.717) is 3.57 Å². The van der Waals surface area contributed by atoms with Gasteiger partial charge in [0.25, 0.3) is 0 Å². The third-order valence-corrected chi connectivity index (χ3v) is 3.62. The van der Waals surface area contributed by atoms with Crippen molar-refractivity contribution in [3.63, 3.8) is 0 Å². The highest BCUT2D eigenvalue weighted by Gasteiger charge is 2.35. The Labute approximate surface area is 111 Å². The lowest BCUT2D eigenvalue weighted by Gasteiger charge is -2.13. The van der Waals surface area contributed by atoms with Gasteiger partial charge in [0.05, 0.1) is 18.8 Å². The molecule has 0 radical (unpaired) electrons. The maximum Gasteiger partial charge on any atom is 0.139 e. The fourth-order valence-corrected chi connectivity index (χ4v) is 2.37. The Morgan fingerprint density at radius 1 is 1.35 bits per heavy atom. The molecule has 0 amide bonds. The van der Waals surface area contributed by atoms with E-state index in [1.165, 1.54) is 6.07 Å². The maximum absolute atomic E-state index is 13.6. The highest BCUT2D eigenvalue weighted by molar-refractivity contribution is 14.1. The highest BCUT2D eigenvalue weighted by Crippen LogP contribution is 2.35. The van der Waals surface area contributed by atoms with Crippen molar-refractivity contribution in [3.05, 3.63) is 32.9 Å². The Morgan fingerprint density at radius 2 is 2.06 bits per heavy atom. The van der Waals surface area contributed by atoms with Gasteiger partial charge in [0, 0.05) is 21.6 Å². The lowest BCUT2D eigenvalue weighted by atomic mass is 10.0. The van der Waals surface area contributed by atoms with Gasteiger partial charge in [-0.25, -0.2) is 8.78 Å². The van der Waals surface area contributed by atoms with Crippen LogP contribution in [0.15, 0.2) is 12.1 Å². The molecule has 6 heteroatoms. The van der Waals surface area contributed by atoms with Crippen molar-refractivity contribution in [2.45, 2.75) is 24.7 Å². The topological polar surface area (TPSA) is 49.7 Å². The summed E-state index contributed by atoms with van der Waals surface area (Å²) in [6, 6.07) is 2.17. The predicted octanol–water partition coefficient (Wildman–Crippen LogP) is 1.75. The van der Waals surface area contributed by atoms with Gasteiger partial charge >= 0.3 is 0 Å². The van der Waals surface area contributed by atoms with Gasteiger partial charge in [-0.1, -0.05) is 0 Å². The van der Waals surface area contributed by atoms with Crippen molar-refractivity contribution >= 4 is 22.6 Å². The molecular formula is C11H11F2IO3. The zero-order valence-electron chi connectivity index (χ0n) is 8.74. The third-order valence-electron chi connectivity index (χ3n) is 2.79. The maximum atomic E-state index is 13.6. The van der Waals surface area contributed by atoms with E-state index in [0.717, 1.165) is 6.07 Å². The lowest BCUT2D eigenvalue weighted by molar-refractivity contribution is -0.0234. The quantitative estimate of drug-likeness (QED) is 0.627. The van der Waals surface area contributed by atoms with Crippen LogP contribution in [0.5, 0.6) is 0 Å². The molecule has 3 nitrogen and oxygen atoms in total. The normalized spacial score (nSPS) is 28.6. The van der Waals surface area contributed by atoms with E-state index < -0.39 is 29.9 Å². The van der Waals surface area contributed by atoms with Gasteiger partial charge in [0.1, 0.15) is 17.7 Å². The van der Waals surface area contributed by atoms with Gasteiger partial charge in [-0.2, -0.15) is 0 Å². The summed E-state index contributed by atoms with van der Waals surface area (Å²) < 4.78 is 32.3. The number of aliphatic hydroxyl groups excluding tert-OH is 2. The van der Waals surface area contributed by atoms with Gasteiger partial charge in [-0.15, -0.1) is 0 Å². The summed E-state index contributed by atoms with van der Waals surface area (Å²) in [4.78, 5) is 0. The minimum absolute atomic E-state index is 0.198. The van der Waals surface area contributed by atoms with E-state index in [1.807, 2.05) is 0 Å².